The summed E-state index contributed by atoms with van der Waals surface area (Å²) < 4.78 is 5.38. The lowest BCUT2D eigenvalue weighted by atomic mass is 10.0. The molecule has 2 saturated heterocycles. The second-order valence-corrected chi connectivity index (χ2v) is 6.94. The predicted molar refractivity (Wildman–Crippen MR) is 100.0 cm³/mol. The lowest BCUT2D eigenvalue weighted by Crippen LogP contribution is -2.49. The summed E-state index contributed by atoms with van der Waals surface area (Å²) in [5.74, 6) is -0.0144. The highest BCUT2D eigenvalue weighted by Crippen LogP contribution is 2.22. The van der Waals surface area contributed by atoms with E-state index in [-0.39, 0.29) is 11.9 Å². The van der Waals surface area contributed by atoms with E-state index >= 15 is 0 Å². The van der Waals surface area contributed by atoms with Gasteiger partial charge in [-0.3, -0.25) is 9.69 Å². The van der Waals surface area contributed by atoms with Gasteiger partial charge in [0.25, 0.3) is 5.91 Å². The van der Waals surface area contributed by atoms with Crippen LogP contribution in [0.15, 0.2) is 54.6 Å². The normalized spacial score (nSPS) is 24.0. The molecule has 0 saturated carbocycles. The van der Waals surface area contributed by atoms with Crippen LogP contribution in [-0.2, 0) is 4.74 Å². The highest BCUT2D eigenvalue weighted by molar-refractivity contribution is 5.95. The highest BCUT2D eigenvalue weighted by atomic mass is 16.5. The molecule has 0 bridgehead atoms. The minimum atomic E-state index is -0.499. The van der Waals surface area contributed by atoms with E-state index in [0.717, 1.165) is 24.2 Å². The third-order valence-corrected chi connectivity index (χ3v) is 5.30. The van der Waals surface area contributed by atoms with Crippen molar-refractivity contribution in [1.29, 1.82) is 0 Å². The first kappa shape index (κ1) is 17.2. The van der Waals surface area contributed by atoms with Crippen molar-refractivity contribution in [3.8, 4) is 11.1 Å². The summed E-state index contributed by atoms with van der Waals surface area (Å²) >= 11 is 0. The van der Waals surface area contributed by atoms with Gasteiger partial charge in [-0.2, -0.15) is 0 Å². The van der Waals surface area contributed by atoms with Crippen LogP contribution in [0, 0.1) is 0 Å². The van der Waals surface area contributed by atoms with Gasteiger partial charge in [-0.05, 0) is 23.3 Å². The smallest absolute Gasteiger partial charge is 0.253 e. The Hall–Kier alpha value is -2.21. The molecule has 2 heterocycles. The lowest BCUT2D eigenvalue weighted by Gasteiger charge is -2.33. The monoisotopic (exact) mass is 352 g/mol. The molecule has 0 radical (unpaired) electrons. The lowest BCUT2D eigenvalue weighted by molar-refractivity contribution is -0.00611. The summed E-state index contributed by atoms with van der Waals surface area (Å²) in [7, 11) is 0. The molecule has 2 aliphatic heterocycles. The number of amides is 1. The number of β-amino-alcohol motifs (C(OH)–C–C–N with tert-alkyl or cyclic N) is 1. The van der Waals surface area contributed by atoms with Crippen LogP contribution in [0.2, 0.25) is 0 Å². The fraction of sp³-hybridized carbons (Fsp3) is 0.381. The number of benzene rings is 2. The summed E-state index contributed by atoms with van der Waals surface area (Å²) in [6.07, 6.45) is -0.499. The standard InChI is InChI=1S/C21H24N2O3/c24-20-15-23(14-19(20)22-10-12-26-13-11-22)21(25)18-8-6-17(7-9-18)16-4-2-1-3-5-16/h1-9,19-20,24H,10-15H2/t19-,20-/m0/s1. The molecule has 5 heteroatoms. The summed E-state index contributed by atoms with van der Waals surface area (Å²) in [4.78, 5) is 16.8. The second kappa shape index (κ2) is 7.58. The fourth-order valence-electron chi connectivity index (χ4n) is 3.82. The molecule has 2 aliphatic rings. The van der Waals surface area contributed by atoms with E-state index in [4.69, 9.17) is 4.74 Å². The van der Waals surface area contributed by atoms with Crippen molar-refractivity contribution < 1.29 is 14.6 Å². The van der Waals surface area contributed by atoms with Crippen molar-refractivity contribution >= 4 is 5.91 Å². The summed E-state index contributed by atoms with van der Waals surface area (Å²) in [5.41, 5.74) is 2.89. The number of hydrogen-bond donors (Lipinski definition) is 1. The molecule has 26 heavy (non-hydrogen) atoms. The molecule has 0 aromatic heterocycles. The van der Waals surface area contributed by atoms with Gasteiger partial charge in [-0.15, -0.1) is 0 Å². The number of aliphatic hydroxyl groups is 1. The quantitative estimate of drug-likeness (QED) is 0.916. The Morgan fingerprint density at radius 3 is 2.27 bits per heavy atom. The average Bonchev–Trinajstić information content (AvgIpc) is 3.10. The van der Waals surface area contributed by atoms with Gasteiger partial charge in [0.1, 0.15) is 0 Å². The maximum atomic E-state index is 12.8. The zero-order valence-electron chi connectivity index (χ0n) is 14.8. The van der Waals surface area contributed by atoms with Gasteiger partial charge in [-0.25, -0.2) is 0 Å². The Morgan fingerprint density at radius 1 is 0.923 bits per heavy atom. The first-order valence-corrected chi connectivity index (χ1v) is 9.17. The molecule has 2 aromatic carbocycles. The predicted octanol–water partition coefficient (Wildman–Crippen LogP) is 1.87. The Balaban J connectivity index is 1.44. The van der Waals surface area contributed by atoms with Gasteiger partial charge >= 0.3 is 0 Å². The maximum Gasteiger partial charge on any atom is 0.253 e. The number of morpholine rings is 1. The van der Waals surface area contributed by atoms with Gasteiger partial charge < -0.3 is 14.7 Å². The molecular formula is C21H24N2O3. The van der Waals surface area contributed by atoms with Crippen molar-refractivity contribution in [2.75, 3.05) is 39.4 Å². The van der Waals surface area contributed by atoms with Crippen LogP contribution in [0.5, 0.6) is 0 Å². The van der Waals surface area contributed by atoms with E-state index in [9.17, 15) is 9.90 Å². The number of carbonyl (C=O) groups excluding carboxylic acids is 1. The molecule has 1 N–H and O–H groups in total. The van der Waals surface area contributed by atoms with Crippen LogP contribution in [0.4, 0.5) is 0 Å². The molecule has 4 rings (SSSR count). The van der Waals surface area contributed by atoms with E-state index in [1.54, 1.807) is 4.90 Å². The van der Waals surface area contributed by atoms with E-state index < -0.39 is 6.10 Å². The second-order valence-electron chi connectivity index (χ2n) is 6.94. The van der Waals surface area contributed by atoms with Crippen LogP contribution in [0.25, 0.3) is 11.1 Å². The number of hydrogen-bond acceptors (Lipinski definition) is 4. The zero-order valence-corrected chi connectivity index (χ0v) is 14.8. The summed E-state index contributed by atoms with van der Waals surface area (Å²) in [6, 6.07) is 17.8. The van der Waals surface area contributed by atoms with Crippen LogP contribution in [0.3, 0.4) is 0 Å². The van der Waals surface area contributed by atoms with Gasteiger partial charge in [0, 0.05) is 31.7 Å². The molecule has 0 unspecified atom stereocenters. The molecule has 2 aromatic rings. The van der Waals surface area contributed by atoms with Crippen LogP contribution in [-0.4, -0.2) is 72.4 Å². The van der Waals surface area contributed by atoms with Crippen molar-refractivity contribution in [3.63, 3.8) is 0 Å². The Bertz CT molecular complexity index is 742. The van der Waals surface area contributed by atoms with Gasteiger partial charge in [0.05, 0.1) is 25.4 Å². The van der Waals surface area contributed by atoms with Crippen molar-refractivity contribution in [3.05, 3.63) is 60.2 Å². The number of carbonyl (C=O) groups is 1. The van der Waals surface area contributed by atoms with Crippen molar-refractivity contribution in [2.24, 2.45) is 0 Å². The summed E-state index contributed by atoms with van der Waals surface area (Å²) in [5, 5.41) is 10.4. The number of aliphatic hydroxyl groups excluding tert-OH is 1. The first-order chi connectivity index (χ1) is 12.7. The van der Waals surface area contributed by atoms with E-state index in [1.807, 2.05) is 42.5 Å². The van der Waals surface area contributed by atoms with Crippen LogP contribution >= 0.6 is 0 Å². The minimum Gasteiger partial charge on any atom is -0.390 e. The number of likely N-dealkylation sites (tertiary alicyclic amines) is 1. The zero-order chi connectivity index (χ0) is 17.9. The molecular weight excluding hydrogens is 328 g/mol. The molecule has 0 spiro atoms. The Kier molecular flexibility index (Phi) is 5.02. The van der Waals surface area contributed by atoms with Gasteiger partial charge in [0.2, 0.25) is 0 Å². The molecule has 1 amide bonds. The largest absolute Gasteiger partial charge is 0.390 e. The molecule has 136 valence electrons. The molecule has 5 nitrogen and oxygen atoms in total. The number of nitrogens with zero attached hydrogens (tertiary/aromatic N) is 2. The van der Waals surface area contributed by atoms with Gasteiger partial charge in [0.15, 0.2) is 0 Å². The third-order valence-electron chi connectivity index (χ3n) is 5.30. The molecule has 0 aliphatic carbocycles. The van der Waals surface area contributed by atoms with Crippen LogP contribution in [0.1, 0.15) is 10.4 Å². The first-order valence-electron chi connectivity index (χ1n) is 9.17. The SMILES string of the molecule is O=C(c1ccc(-c2ccccc2)cc1)N1C[C@H](O)[C@@H](N2CCOCC2)C1. The molecule has 2 atom stereocenters. The van der Waals surface area contributed by atoms with Crippen LogP contribution < -0.4 is 0 Å². The summed E-state index contributed by atoms with van der Waals surface area (Å²) in [6.45, 7) is 3.98. The fourth-order valence-corrected chi connectivity index (χ4v) is 3.82. The maximum absolute atomic E-state index is 12.8. The van der Waals surface area contributed by atoms with E-state index in [2.05, 4.69) is 17.0 Å². The Labute approximate surface area is 153 Å². The molecule has 2 fully saturated rings. The topological polar surface area (TPSA) is 53.0 Å². The van der Waals surface area contributed by atoms with Gasteiger partial charge in [-0.1, -0.05) is 42.5 Å². The average molecular weight is 352 g/mol. The van der Waals surface area contributed by atoms with Crippen molar-refractivity contribution in [2.45, 2.75) is 12.1 Å². The third kappa shape index (κ3) is 3.51. The minimum absolute atomic E-state index is 0.00596. The number of ether oxygens (including phenoxy) is 1. The highest BCUT2D eigenvalue weighted by Gasteiger charge is 2.38. The van der Waals surface area contributed by atoms with E-state index in [0.29, 0.717) is 31.9 Å². The van der Waals surface area contributed by atoms with E-state index in [1.165, 1.54) is 0 Å². The Morgan fingerprint density at radius 2 is 1.58 bits per heavy atom. The number of rotatable bonds is 3. The van der Waals surface area contributed by atoms with Crippen molar-refractivity contribution in [1.82, 2.24) is 9.80 Å².